The fraction of sp³-hybridized carbons (Fsp3) is 0.550. The van der Waals surface area contributed by atoms with E-state index in [4.69, 9.17) is 9.26 Å². The maximum Gasteiger partial charge on any atom is 0.329 e. The van der Waals surface area contributed by atoms with Gasteiger partial charge in [-0.25, -0.2) is 4.79 Å². The molecular formula is C20H21N3O6. The fourth-order valence-electron chi connectivity index (χ4n) is 5.33. The van der Waals surface area contributed by atoms with E-state index < -0.39 is 24.5 Å². The highest BCUT2D eigenvalue weighted by atomic mass is 16.5. The van der Waals surface area contributed by atoms with Crippen LogP contribution in [0.15, 0.2) is 22.7 Å². The molecule has 29 heavy (non-hydrogen) atoms. The van der Waals surface area contributed by atoms with Crippen LogP contribution in [0, 0.1) is 42.4 Å². The highest BCUT2D eigenvalue weighted by Gasteiger charge is 2.67. The second-order valence-corrected chi connectivity index (χ2v) is 8.36. The van der Waals surface area contributed by atoms with Crippen LogP contribution in [0.2, 0.25) is 0 Å². The van der Waals surface area contributed by atoms with Gasteiger partial charge in [-0.15, -0.1) is 0 Å². The molecule has 2 bridgehead atoms. The molecular weight excluding hydrogens is 378 g/mol. The minimum atomic E-state index is -1.07. The van der Waals surface area contributed by atoms with Crippen LogP contribution >= 0.6 is 0 Å². The van der Waals surface area contributed by atoms with Crippen molar-refractivity contribution in [2.75, 3.05) is 11.9 Å². The molecule has 6 rings (SSSR count). The maximum atomic E-state index is 13.0. The lowest BCUT2D eigenvalue weighted by atomic mass is 9.63. The molecule has 0 aromatic carbocycles. The lowest BCUT2D eigenvalue weighted by Crippen LogP contribution is -2.45. The number of esters is 1. The number of nitrogens with zero attached hydrogens (tertiary/aromatic N) is 2. The van der Waals surface area contributed by atoms with Gasteiger partial charge in [0.25, 0.3) is 5.91 Å². The molecule has 0 radical (unpaired) electrons. The van der Waals surface area contributed by atoms with Gasteiger partial charge in [0.1, 0.15) is 11.8 Å². The van der Waals surface area contributed by atoms with Gasteiger partial charge in [-0.1, -0.05) is 17.3 Å². The van der Waals surface area contributed by atoms with Gasteiger partial charge in [-0.3, -0.25) is 19.3 Å². The number of imide groups is 1. The Kier molecular flexibility index (Phi) is 3.91. The number of amides is 3. The van der Waals surface area contributed by atoms with Crippen LogP contribution in [-0.4, -0.2) is 46.4 Å². The molecule has 1 saturated heterocycles. The van der Waals surface area contributed by atoms with E-state index in [1.807, 2.05) is 0 Å². The lowest BCUT2D eigenvalue weighted by molar-refractivity contribution is -0.159. The van der Waals surface area contributed by atoms with Gasteiger partial charge in [-0.2, -0.15) is 0 Å². The normalized spacial score (nSPS) is 34.6. The number of rotatable bonds is 5. The second-order valence-electron chi connectivity index (χ2n) is 8.36. The number of hydrogen-bond donors (Lipinski definition) is 1. The van der Waals surface area contributed by atoms with Gasteiger partial charge < -0.3 is 14.6 Å². The summed E-state index contributed by atoms with van der Waals surface area (Å²) in [6.45, 7) is 2.59. The van der Waals surface area contributed by atoms with Gasteiger partial charge >= 0.3 is 5.97 Å². The van der Waals surface area contributed by atoms with Crippen LogP contribution in [0.1, 0.15) is 19.1 Å². The number of likely N-dealkylation sites (tertiary alicyclic amines) is 1. The minimum absolute atomic E-state index is 0.0939. The molecule has 1 N–H and O–H groups in total. The van der Waals surface area contributed by atoms with Gasteiger partial charge in [0.2, 0.25) is 11.8 Å². The average Bonchev–Trinajstić information content (AvgIpc) is 3.37. The Morgan fingerprint density at radius 1 is 1.24 bits per heavy atom. The molecule has 4 aliphatic carbocycles. The molecule has 0 spiro atoms. The summed E-state index contributed by atoms with van der Waals surface area (Å²) < 4.78 is 9.88. The molecule has 9 heteroatoms. The molecule has 2 heterocycles. The molecule has 1 aromatic heterocycles. The van der Waals surface area contributed by atoms with Gasteiger partial charge in [0.05, 0.1) is 11.8 Å². The third-order valence-electron chi connectivity index (χ3n) is 6.67. The monoisotopic (exact) mass is 399 g/mol. The number of nitrogens with one attached hydrogen (secondary N) is 1. The molecule has 7 atom stereocenters. The molecule has 5 aliphatic rings. The number of ether oxygens (including phenoxy) is 1. The third kappa shape index (κ3) is 2.71. The molecule has 2 saturated carbocycles. The van der Waals surface area contributed by atoms with Crippen LogP contribution in [0.3, 0.4) is 0 Å². The second kappa shape index (κ2) is 6.27. The first-order chi connectivity index (χ1) is 13.9. The lowest BCUT2D eigenvalue weighted by Gasteiger charge is -2.37. The quantitative estimate of drug-likeness (QED) is 0.444. The zero-order valence-corrected chi connectivity index (χ0v) is 16.0. The summed E-state index contributed by atoms with van der Waals surface area (Å²) in [5, 5.41) is 6.06. The summed E-state index contributed by atoms with van der Waals surface area (Å²) in [5.74, 6) is -0.780. The highest BCUT2D eigenvalue weighted by molar-refractivity contribution is 6.08. The summed E-state index contributed by atoms with van der Waals surface area (Å²) in [7, 11) is 0. The summed E-state index contributed by atoms with van der Waals surface area (Å²) in [6.07, 6.45) is 5.23. The predicted octanol–water partition coefficient (Wildman–Crippen LogP) is 0.906. The maximum absolute atomic E-state index is 13.0. The van der Waals surface area contributed by atoms with Crippen molar-refractivity contribution < 1.29 is 28.4 Å². The fourth-order valence-corrected chi connectivity index (χ4v) is 5.33. The number of carbonyl (C=O) groups excluding carboxylic acids is 4. The molecule has 3 amide bonds. The van der Waals surface area contributed by atoms with Crippen LogP contribution in [0.5, 0.6) is 0 Å². The number of aromatic nitrogens is 1. The number of hydrogen-bond acceptors (Lipinski definition) is 7. The van der Waals surface area contributed by atoms with Crippen molar-refractivity contribution in [3.05, 3.63) is 24.0 Å². The largest absolute Gasteiger partial charge is 0.454 e. The predicted molar refractivity (Wildman–Crippen MR) is 96.8 cm³/mol. The Bertz CT molecular complexity index is 916. The third-order valence-corrected chi connectivity index (χ3v) is 6.67. The smallest absolute Gasteiger partial charge is 0.329 e. The molecule has 3 fully saturated rings. The van der Waals surface area contributed by atoms with Gasteiger partial charge in [0.15, 0.2) is 12.4 Å². The van der Waals surface area contributed by atoms with E-state index in [1.54, 1.807) is 6.92 Å². The Labute approximate surface area is 166 Å². The van der Waals surface area contributed by atoms with Crippen molar-refractivity contribution in [1.29, 1.82) is 0 Å². The van der Waals surface area contributed by atoms with E-state index >= 15 is 0 Å². The standard InChI is InChI=1S/C20H21N3O6/c1-8-5-14(22-29-8)21-15(24)7-28-20(27)9(2)23-18(25)16-10-3-4-11(13-6-12(10)13)17(16)19(23)26/h3-5,9-13,16-17H,6-7H2,1-2H3,(H,21,22,24)/t9-,10-,11-,12-,13-,16-,17+/m0/s1. The first-order valence-corrected chi connectivity index (χ1v) is 9.82. The first kappa shape index (κ1) is 18.1. The Hall–Kier alpha value is -2.97. The van der Waals surface area contributed by atoms with Crippen molar-refractivity contribution in [3.63, 3.8) is 0 Å². The Morgan fingerprint density at radius 2 is 1.86 bits per heavy atom. The summed E-state index contributed by atoms with van der Waals surface area (Å²) >= 11 is 0. The van der Waals surface area contributed by atoms with Crippen molar-refractivity contribution in [1.82, 2.24) is 10.1 Å². The van der Waals surface area contributed by atoms with Crippen LogP contribution in [0.4, 0.5) is 5.82 Å². The van der Waals surface area contributed by atoms with Crippen LogP contribution < -0.4 is 5.32 Å². The van der Waals surface area contributed by atoms with Crippen molar-refractivity contribution >= 4 is 29.5 Å². The van der Waals surface area contributed by atoms with E-state index in [0.29, 0.717) is 17.6 Å². The number of carbonyl (C=O) groups is 4. The van der Waals surface area contributed by atoms with Crippen molar-refractivity contribution in [3.8, 4) is 0 Å². The van der Waals surface area contributed by atoms with E-state index in [0.717, 1.165) is 11.3 Å². The Balaban J connectivity index is 1.22. The summed E-state index contributed by atoms with van der Waals surface area (Å²) in [4.78, 5) is 51.4. The SMILES string of the molecule is Cc1cc(NC(=O)COC(=O)[C@H](C)N2C(=O)[C@@H]3[C@H]4C=C[C@@H]([C@@H]5C[C@@H]45)[C@@H]3C2=O)no1. The van der Waals surface area contributed by atoms with Gasteiger partial charge in [0, 0.05) is 6.07 Å². The zero-order chi connectivity index (χ0) is 20.4. The summed E-state index contributed by atoms with van der Waals surface area (Å²) in [6, 6.07) is 0.455. The topological polar surface area (TPSA) is 119 Å². The van der Waals surface area contributed by atoms with Crippen LogP contribution in [0.25, 0.3) is 0 Å². The molecule has 152 valence electrons. The molecule has 1 aromatic rings. The number of aryl methyl sites for hydroxylation is 1. The van der Waals surface area contributed by atoms with Crippen molar-refractivity contribution in [2.24, 2.45) is 35.5 Å². The summed E-state index contributed by atoms with van der Waals surface area (Å²) in [5.41, 5.74) is 0. The molecule has 1 aliphatic heterocycles. The van der Waals surface area contributed by atoms with Crippen molar-refractivity contribution in [2.45, 2.75) is 26.3 Å². The number of anilines is 1. The highest BCUT2D eigenvalue weighted by Crippen LogP contribution is 2.65. The van der Waals surface area contributed by atoms with E-state index in [9.17, 15) is 19.2 Å². The first-order valence-electron chi connectivity index (χ1n) is 9.82. The van der Waals surface area contributed by atoms with E-state index in [-0.39, 0.29) is 41.3 Å². The van der Waals surface area contributed by atoms with E-state index in [1.165, 1.54) is 13.0 Å². The minimum Gasteiger partial charge on any atom is -0.454 e. The molecule has 9 nitrogen and oxygen atoms in total. The number of allylic oxidation sites excluding steroid dienone is 2. The van der Waals surface area contributed by atoms with Gasteiger partial charge in [-0.05, 0) is 43.9 Å². The average molecular weight is 399 g/mol. The van der Waals surface area contributed by atoms with Crippen LogP contribution in [-0.2, 0) is 23.9 Å². The zero-order valence-electron chi connectivity index (χ0n) is 16.0. The Morgan fingerprint density at radius 3 is 2.41 bits per heavy atom. The van der Waals surface area contributed by atoms with E-state index in [2.05, 4.69) is 22.6 Å². The molecule has 0 unspecified atom stereocenters.